The van der Waals surface area contributed by atoms with Crippen LogP contribution in [0.2, 0.25) is 0 Å². The first kappa shape index (κ1) is 21.1. The van der Waals surface area contributed by atoms with Gasteiger partial charge in [0.2, 0.25) is 0 Å². The first-order chi connectivity index (χ1) is 10.4. The lowest BCUT2D eigenvalue weighted by Gasteiger charge is -2.23. The van der Waals surface area contributed by atoms with Crippen LogP contribution in [0.4, 0.5) is 0 Å². The fourth-order valence-electron chi connectivity index (χ4n) is 2.86. The van der Waals surface area contributed by atoms with Crippen molar-refractivity contribution in [2.45, 2.75) is 60.3 Å². The minimum absolute atomic E-state index is 0. The van der Waals surface area contributed by atoms with Crippen LogP contribution in [0.1, 0.15) is 58.1 Å². The smallest absolute Gasteiger partial charge is 0.00462 e. The maximum Gasteiger partial charge on any atom is -0.00462 e. The molecule has 2 aliphatic rings. The van der Waals surface area contributed by atoms with Crippen LogP contribution in [-0.4, -0.2) is 26.2 Å². The van der Waals surface area contributed by atoms with Crippen molar-refractivity contribution in [3.63, 3.8) is 0 Å². The van der Waals surface area contributed by atoms with E-state index >= 15 is 0 Å². The van der Waals surface area contributed by atoms with Gasteiger partial charge in [-0.2, -0.15) is 0 Å². The third-order valence-electron chi connectivity index (χ3n) is 4.19. The molecule has 2 heteroatoms. The normalized spacial score (nSPS) is 17.4. The van der Waals surface area contributed by atoms with E-state index in [1.54, 1.807) is 5.56 Å². The van der Waals surface area contributed by atoms with Crippen LogP contribution in [0.5, 0.6) is 0 Å². The molecule has 1 aromatic rings. The maximum atomic E-state index is 3.42. The Kier molecular flexibility index (Phi) is 13.2. The maximum absolute atomic E-state index is 3.42. The minimum Gasteiger partial charge on any atom is -0.317 e. The molecule has 0 atom stereocenters. The van der Waals surface area contributed by atoms with Crippen molar-refractivity contribution in [3.8, 4) is 0 Å². The van der Waals surface area contributed by atoms with Gasteiger partial charge in [0.1, 0.15) is 0 Å². The van der Waals surface area contributed by atoms with Gasteiger partial charge in [-0.25, -0.2) is 0 Å². The molecule has 0 aromatic heterocycles. The molecule has 2 nitrogen and oxygen atoms in total. The standard InChI is InChI=1S/C13H19N.C4H9N.C2H6.CH4/c1-11-4-2-3-5-13(11)10-12-6-8-14-9-7-12;1-2-4-5-3-1;1-2;/h2-5,12,14H,6-10H2,1H3;5H,1-4H2;1-2H3;1H4. The summed E-state index contributed by atoms with van der Waals surface area (Å²) in [6.45, 7) is 11.1. The van der Waals surface area contributed by atoms with E-state index in [-0.39, 0.29) is 7.43 Å². The third-order valence-corrected chi connectivity index (χ3v) is 4.19. The molecular formula is C20H38N2. The van der Waals surface area contributed by atoms with E-state index in [4.69, 9.17) is 0 Å². The van der Waals surface area contributed by atoms with E-state index in [9.17, 15) is 0 Å². The van der Waals surface area contributed by atoms with Crippen LogP contribution < -0.4 is 10.6 Å². The highest BCUT2D eigenvalue weighted by Gasteiger charge is 2.13. The second-order valence-corrected chi connectivity index (χ2v) is 5.78. The Balaban J connectivity index is 0.000000466. The fourth-order valence-corrected chi connectivity index (χ4v) is 2.86. The van der Waals surface area contributed by atoms with Crippen molar-refractivity contribution < 1.29 is 0 Å². The molecule has 0 aliphatic carbocycles. The summed E-state index contributed by atoms with van der Waals surface area (Å²) < 4.78 is 0. The zero-order valence-electron chi connectivity index (χ0n) is 14.3. The Morgan fingerprint density at radius 1 is 0.909 bits per heavy atom. The molecule has 2 heterocycles. The molecule has 0 radical (unpaired) electrons. The zero-order chi connectivity index (χ0) is 15.3. The van der Waals surface area contributed by atoms with Gasteiger partial charge in [-0.3, -0.25) is 0 Å². The van der Waals surface area contributed by atoms with Gasteiger partial charge in [0.05, 0.1) is 0 Å². The summed E-state index contributed by atoms with van der Waals surface area (Å²) in [6.07, 6.45) is 6.73. The predicted molar refractivity (Wildman–Crippen MR) is 101 cm³/mol. The average Bonchev–Trinajstić information content (AvgIpc) is 3.12. The number of hydrogen-bond donors (Lipinski definition) is 2. The van der Waals surface area contributed by atoms with Gasteiger partial charge >= 0.3 is 0 Å². The van der Waals surface area contributed by atoms with Crippen LogP contribution in [-0.2, 0) is 6.42 Å². The monoisotopic (exact) mass is 306 g/mol. The first-order valence-electron chi connectivity index (χ1n) is 8.82. The summed E-state index contributed by atoms with van der Waals surface area (Å²) in [6, 6.07) is 8.78. The fraction of sp³-hybridized carbons (Fsp3) is 0.700. The number of benzene rings is 1. The molecule has 0 amide bonds. The van der Waals surface area contributed by atoms with Gasteiger partial charge in [0, 0.05) is 0 Å². The molecule has 128 valence electrons. The van der Waals surface area contributed by atoms with Crippen LogP contribution in [0.3, 0.4) is 0 Å². The van der Waals surface area contributed by atoms with Crippen LogP contribution in [0.25, 0.3) is 0 Å². The molecule has 2 N–H and O–H groups in total. The topological polar surface area (TPSA) is 24.1 Å². The SMILES string of the molecule is C.C1CCNC1.CC.Cc1ccccc1CC1CCNCC1. The van der Waals surface area contributed by atoms with Gasteiger partial charge in [-0.05, 0) is 82.3 Å². The van der Waals surface area contributed by atoms with Crippen molar-refractivity contribution in [2.24, 2.45) is 5.92 Å². The molecule has 1 aromatic carbocycles. The van der Waals surface area contributed by atoms with Crippen molar-refractivity contribution in [3.05, 3.63) is 35.4 Å². The zero-order valence-corrected chi connectivity index (χ0v) is 14.3. The lowest BCUT2D eigenvalue weighted by Crippen LogP contribution is -2.28. The Labute approximate surface area is 139 Å². The quantitative estimate of drug-likeness (QED) is 0.836. The van der Waals surface area contributed by atoms with E-state index in [0.717, 1.165) is 5.92 Å². The van der Waals surface area contributed by atoms with Gasteiger partial charge in [-0.15, -0.1) is 0 Å². The number of rotatable bonds is 2. The van der Waals surface area contributed by atoms with E-state index in [2.05, 4.69) is 41.8 Å². The number of nitrogens with one attached hydrogen (secondary N) is 2. The number of hydrogen-bond acceptors (Lipinski definition) is 2. The molecule has 22 heavy (non-hydrogen) atoms. The second kappa shape index (κ2) is 13.8. The van der Waals surface area contributed by atoms with E-state index in [1.807, 2.05) is 13.8 Å². The summed E-state index contributed by atoms with van der Waals surface area (Å²) in [5, 5.41) is 6.64. The van der Waals surface area contributed by atoms with Gasteiger partial charge in [-0.1, -0.05) is 45.5 Å². The summed E-state index contributed by atoms with van der Waals surface area (Å²) in [4.78, 5) is 0. The van der Waals surface area contributed by atoms with Gasteiger partial charge < -0.3 is 10.6 Å². The Bertz CT molecular complexity index is 345. The summed E-state index contributed by atoms with van der Waals surface area (Å²) in [5.74, 6) is 0.900. The van der Waals surface area contributed by atoms with Crippen LogP contribution in [0.15, 0.2) is 24.3 Å². The predicted octanol–water partition coefficient (Wildman–Crippen LogP) is 4.57. The van der Waals surface area contributed by atoms with Crippen molar-refractivity contribution >= 4 is 0 Å². The lowest BCUT2D eigenvalue weighted by atomic mass is 9.89. The highest BCUT2D eigenvalue weighted by Crippen LogP contribution is 2.19. The highest BCUT2D eigenvalue weighted by atomic mass is 14.9. The molecule has 2 saturated heterocycles. The average molecular weight is 307 g/mol. The molecule has 0 spiro atoms. The van der Waals surface area contributed by atoms with Crippen LogP contribution in [0, 0.1) is 12.8 Å². The van der Waals surface area contributed by atoms with Gasteiger partial charge in [0.15, 0.2) is 0 Å². The summed E-state index contributed by atoms with van der Waals surface area (Å²) in [7, 11) is 0. The molecule has 2 aliphatic heterocycles. The van der Waals surface area contributed by atoms with E-state index in [1.165, 1.54) is 63.8 Å². The molecule has 0 unspecified atom stereocenters. The first-order valence-corrected chi connectivity index (χ1v) is 8.82. The van der Waals surface area contributed by atoms with Gasteiger partial charge in [0.25, 0.3) is 0 Å². The Morgan fingerprint density at radius 2 is 1.45 bits per heavy atom. The van der Waals surface area contributed by atoms with Crippen molar-refractivity contribution in [1.29, 1.82) is 0 Å². The molecule has 2 fully saturated rings. The number of piperidine rings is 1. The van der Waals surface area contributed by atoms with Crippen molar-refractivity contribution in [1.82, 2.24) is 10.6 Å². The molecular weight excluding hydrogens is 268 g/mol. The van der Waals surface area contributed by atoms with Crippen LogP contribution >= 0.6 is 0 Å². The highest BCUT2D eigenvalue weighted by molar-refractivity contribution is 5.25. The lowest BCUT2D eigenvalue weighted by molar-refractivity contribution is 0.372. The van der Waals surface area contributed by atoms with E-state index < -0.39 is 0 Å². The summed E-state index contributed by atoms with van der Waals surface area (Å²) in [5.41, 5.74) is 2.99. The van der Waals surface area contributed by atoms with E-state index in [0.29, 0.717) is 0 Å². The number of aryl methyl sites for hydroxylation is 1. The summed E-state index contributed by atoms with van der Waals surface area (Å²) >= 11 is 0. The molecule has 0 saturated carbocycles. The molecule has 3 rings (SSSR count). The Hall–Kier alpha value is -0.860. The Morgan fingerprint density at radius 3 is 1.95 bits per heavy atom. The van der Waals surface area contributed by atoms with Crippen molar-refractivity contribution in [2.75, 3.05) is 26.2 Å². The third kappa shape index (κ3) is 8.55. The molecule has 0 bridgehead atoms. The second-order valence-electron chi connectivity index (χ2n) is 5.78. The largest absolute Gasteiger partial charge is 0.317 e. The minimum atomic E-state index is 0.